The van der Waals surface area contributed by atoms with Gasteiger partial charge in [0, 0.05) is 12.5 Å². The minimum Gasteiger partial charge on any atom is -0.438 e. The molecule has 1 N–H and O–H groups in total. The molecule has 2 heterocycles. The number of hydrogen-bond acceptors (Lipinski definition) is 6. The van der Waals surface area contributed by atoms with Gasteiger partial charge in [-0.25, -0.2) is 13.4 Å². The van der Waals surface area contributed by atoms with E-state index in [1.54, 1.807) is 54.6 Å². The van der Waals surface area contributed by atoms with Crippen molar-refractivity contribution in [3.63, 3.8) is 0 Å². The first-order valence-electron chi connectivity index (χ1n) is 8.65. The van der Waals surface area contributed by atoms with E-state index >= 15 is 0 Å². The van der Waals surface area contributed by atoms with Gasteiger partial charge in [0.1, 0.15) is 16.4 Å². The van der Waals surface area contributed by atoms with Crippen molar-refractivity contribution in [2.45, 2.75) is 18.2 Å². The van der Waals surface area contributed by atoms with Gasteiger partial charge in [-0.2, -0.15) is 4.98 Å². The van der Waals surface area contributed by atoms with Crippen molar-refractivity contribution in [1.29, 1.82) is 0 Å². The second-order valence-corrected chi connectivity index (χ2v) is 8.56. The molecule has 28 heavy (non-hydrogen) atoms. The van der Waals surface area contributed by atoms with Gasteiger partial charge in [-0.1, -0.05) is 31.2 Å². The first-order valence-corrected chi connectivity index (χ1v) is 11.0. The van der Waals surface area contributed by atoms with E-state index < -0.39 is 10.0 Å². The fourth-order valence-electron chi connectivity index (χ4n) is 2.65. The summed E-state index contributed by atoms with van der Waals surface area (Å²) in [5.41, 5.74) is 0.410. The van der Waals surface area contributed by atoms with Crippen LogP contribution < -0.4 is 9.46 Å². The Labute approximate surface area is 166 Å². The third-order valence-electron chi connectivity index (χ3n) is 4.01. The molecule has 0 saturated heterocycles. The highest BCUT2D eigenvalue weighted by Gasteiger charge is 2.15. The Morgan fingerprint density at radius 1 is 1.04 bits per heavy atom. The van der Waals surface area contributed by atoms with Crippen LogP contribution in [0.25, 0.3) is 10.2 Å². The summed E-state index contributed by atoms with van der Waals surface area (Å²) in [7, 11) is -3.67. The van der Waals surface area contributed by atoms with Crippen molar-refractivity contribution >= 4 is 37.3 Å². The summed E-state index contributed by atoms with van der Waals surface area (Å²) in [5, 5.41) is 2.77. The molecule has 0 radical (unpaired) electrons. The number of rotatable bonds is 6. The Balaban J connectivity index is 1.63. The van der Waals surface area contributed by atoms with E-state index in [-0.39, 0.29) is 4.90 Å². The molecule has 0 aliphatic heterocycles. The lowest BCUT2D eigenvalue weighted by atomic mass is 10.3. The summed E-state index contributed by atoms with van der Waals surface area (Å²) in [6.45, 7) is 1.98. The lowest BCUT2D eigenvalue weighted by molar-refractivity contribution is 0.466. The van der Waals surface area contributed by atoms with Gasteiger partial charge in [0.25, 0.3) is 10.0 Å². The van der Waals surface area contributed by atoms with Crippen molar-refractivity contribution in [3.8, 4) is 11.6 Å². The first kappa shape index (κ1) is 18.4. The Kier molecular flexibility index (Phi) is 4.97. The van der Waals surface area contributed by atoms with Gasteiger partial charge in [-0.15, -0.1) is 11.3 Å². The second-order valence-electron chi connectivity index (χ2n) is 5.99. The van der Waals surface area contributed by atoms with Gasteiger partial charge < -0.3 is 4.74 Å². The van der Waals surface area contributed by atoms with Gasteiger partial charge >= 0.3 is 0 Å². The van der Waals surface area contributed by atoms with Crippen LogP contribution in [0.3, 0.4) is 0 Å². The zero-order valence-corrected chi connectivity index (χ0v) is 16.6. The van der Waals surface area contributed by atoms with E-state index in [0.717, 1.165) is 10.2 Å². The van der Waals surface area contributed by atoms with Crippen LogP contribution in [0.15, 0.2) is 70.9 Å². The van der Waals surface area contributed by atoms with Crippen molar-refractivity contribution in [2.75, 3.05) is 4.72 Å². The first-order chi connectivity index (χ1) is 13.5. The molecule has 8 heteroatoms. The molecule has 0 spiro atoms. The number of ether oxygens (including phenoxy) is 1. The van der Waals surface area contributed by atoms with E-state index in [4.69, 9.17) is 4.74 Å². The molecule has 2 aromatic heterocycles. The molecular weight excluding hydrogens is 394 g/mol. The van der Waals surface area contributed by atoms with Gasteiger partial charge in [-0.3, -0.25) is 4.72 Å². The number of nitrogens with one attached hydrogen (secondary N) is 1. The second kappa shape index (κ2) is 7.57. The number of aryl methyl sites for hydroxylation is 1. The zero-order chi connectivity index (χ0) is 19.6. The number of aromatic nitrogens is 2. The van der Waals surface area contributed by atoms with Crippen molar-refractivity contribution in [1.82, 2.24) is 9.97 Å². The summed E-state index contributed by atoms with van der Waals surface area (Å²) >= 11 is 1.53. The number of thiophene rings is 1. The lowest BCUT2D eigenvalue weighted by Crippen LogP contribution is -2.12. The molecule has 0 aliphatic carbocycles. The molecule has 0 atom stereocenters. The van der Waals surface area contributed by atoms with Crippen LogP contribution in [0.4, 0.5) is 5.69 Å². The minimum atomic E-state index is -3.67. The molecular formula is C20H17N3O3S2. The molecule has 0 unspecified atom stereocenters. The smallest absolute Gasteiger partial charge is 0.261 e. The molecule has 4 rings (SSSR count). The summed E-state index contributed by atoms with van der Waals surface area (Å²) in [4.78, 5) is 10.0. The molecule has 0 saturated carbocycles. The minimum absolute atomic E-state index is 0.199. The monoisotopic (exact) mass is 411 g/mol. The van der Waals surface area contributed by atoms with Crippen molar-refractivity contribution in [2.24, 2.45) is 0 Å². The molecule has 0 amide bonds. The fourth-order valence-corrected chi connectivity index (χ4v) is 4.50. The number of nitrogens with zero attached hydrogens (tertiary/aromatic N) is 2. The van der Waals surface area contributed by atoms with Crippen LogP contribution in [-0.2, 0) is 16.4 Å². The third-order valence-corrected chi connectivity index (χ3v) is 6.21. The van der Waals surface area contributed by atoms with Crippen LogP contribution in [0.5, 0.6) is 11.6 Å². The third kappa shape index (κ3) is 3.83. The Morgan fingerprint density at radius 2 is 1.86 bits per heavy atom. The molecule has 0 aliphatic rings. The lowest BCUT2D eigenvalue weighted by Gasteiger charge is -2.11. The Morgan fingerprint density at radius 3 is 2.64 bits per heavy atom. The van der Waals surface area contributed by atoms with Crippen LogP contribution in [-0.4, -0.2) is 18.4 Å². The zero-order valence-electron chi connectivity index (χ0n) is 15.0. The highest BCUT2D eigenvalue weighted by Crippen LogP contribution is 2.31. The predicted octanol–water partition coefficient (Wildman–Crippen LogP) is 4.85. The summed E-state index contributed by atoms with van der Waals surface area (Å²) < 4.78 is 33.6. The summed E-state index contributed by atoms with van der Waals surface area (Å²) in [6, 6.07) is 16.9. The van der Waals surface area contributed by atoms with Crippen LogP contribution in [0.1, 0.15) is 12.7 Å². The standard InChI is InChI=1S/C20H17N3O3S2/c1-2-18-21-19(17-11-12-27-20(17)22-18)26-15-8-6-7-14(13-15)23-28(24,25)16-9-4-3-5-10-16/h3-13,23H,2H2,1H3. The number of anilines is 1. The molecule has 6 nitrogen and oxygen atoms in total. The van der Waals surface area contributed by atoms with Gasteiger partial charge in [0.15, 0.2) is 0 Å². The van der Waals surface area contributed by atoms with Crippen LogP contribution >= 0.6 is 11.3 Å². The molecule has 4 aromatic rings. The molecule has 142 valence electrons. The van der Waals surface area contributed by atoms with E-state index in [9.17, 15) is 8.42 Å². The number of benzene rings is 2. The predicted molar refractivity (Wildman–Crippen MR) is 111 cm³/mol. The van der Waals surface area contributed by atoms with Crippen molar-refractivity contribution < 1.29 is 13.2 Å². The number of sulfonamides is 1. The summed E-state index contributed by atoms with van der Waals surface area (Å²) in [6.07, 6.45) is 0.696. The fraction of sp³-hybridized carbons (Fsp3) is 0.100. The molecule has 0 bridgehead atoms. The normalized spacial score (nSPS) is 11.5. The highest BCUT2D eigenvalue weighted by atomic mass is 32.2. The number of fused-ring (bicyclic) bond motifs is 1. The van der Waals surface area contributed by atoms with E-state index in [0.29, 0.717) is 29.6 Å². The van der Waals surface area contributed by atoms with Gasteiger partial charge in [0.2, 0.25) is 5.88 Å². The van der Waals surface area contributed by atoms with E-state index in [1.165, 1.54) is 11.3 Å². The average Bonchev–Trinajstić information content (AvgIpc) is 3.17. The number of hydrogen-bond donors (Lipinski definition) is 1. The van der Waals surface area contributed by atoms with Crippen LogP contribution in [0, 0.1) is 0 Å². The summed E-state index contributed by atoms with van der Waals surface area (Å²) in [5.74, 6) is 1.65. The molecule has 2 aromatic carbocycles. The van der Waals surface area contributed by atoms with E-state index in [2.05, 4.69) is 14.7 Å². The van der Waals surface area contributed by atoms with Crippen molar-refractivity contribution in [3.05, 3.63) is 71.9 Å². The quantitative estimate of drug-likeness (QED) is 0.491. The largest absolute Gasteiger partial charge is 0.438 e. The molecule has 0 fully saturated rings. The topological polar surface area (TPSA) is 81.2 Å². The highest BCUT2D eigenvalue weighted by molar-refractivity contribution is 7.92. The van der Waals surface area contributed by atoms with Crippen LogP contribution in [0.2, 0.25) is 0 Å². The maximum absolute atomic E-state index is 12.5. The Bertz CT molecular complexity index is 1220. The SMILES string of the molecule is CCc1nc(Oc2cccc(NS(=O)(=O)c3ccccc3)c2)c2ccsc2n1. The Hall–Kier alpha value is -2.97. The maximum Gasteiger partial charge on any atom is 0.261 e. The average molecular weight is 412 g/mol. The van der Waals surface area contributed by atoms with Gasteiger partial charge in [0.05, 0.1) is 16.0 Å². The van der Waals surface area contributed by atoms with E-state index in [1.807, 2.05) is 18.4 Å². The maximum atomic E-state index is 12.5. The van der Waals surface area contributed by atoms with Gasteiger partial charge in [-0.05, 0) is 35.7 Å².